The Hall–Kier alpha value is -3.28. The normalized spacial score (nSPS) is 11.9. The first-order valence-electron chi connectivity index (χ1n) is 8.79. The Kier molecular flexibility index (Phi) is 5.16. The molecule has 0 bridgehead atoms. The summed E-state index contributed by atoms with van der Waals surface area (Å²) < 4.78 is 5.91. The molecule has 3 N–H and O–H groups in total. The van der Waals surface area contributed by atoms with E-state index in [9.17, 15) is 9.59 Å². The van der Waals surface area contributed by atoms with E-state index in [2.05, 4.69) is 16.0 Å². The first-order chi connectivity index (χ1) is 12.9. The van der Waals surface area contributed by atoms with Crippen LogP contribution in [-0.4, -0.2) is 19.0 Å². The number of fused-ring (bicyclic) bond motifs is 1. The van der Waals surface area contributed by atoms with Gasteiger partial charge in [0.25, 0.3) is 5.91 Å². The monoisotopic (exact) mass is 365 g/mol. The van der Waals surface area contributed by atoms with Gasteiger partial charge in [-0.15, -0.1) is 0 Å². The Balaban J connectivity index is 1.76. The highest BCUT2D eigenvalue weighted by molar-refractivity contribution is 5.99. The molecule has 0 saturated heterocycles. The van der Waals surface area contributed by atoms with Crippen molar-refractivity contribution in [2.45, 2.75) is 26.8 Å². The highest BCUT2D eigenvalue weighted by atomic mass is 16.3. The smallest absolute Gasteiger partial charge is 0.319 e. The third kappa shape index (κ3) is 3.65. The summed E-state index contributed by atoms with van der Waals surface area (Å²) in [6.45, 7) is 5.65. The predicted octanol–water partition coefficient (Wildman–Crippen LogP) is 4.29. The van der Waals surface area contributed by atoms with Crippen LogP contribution in [-0.2, 0) is 0 Å². The molecule has 27 heavy (non-hydrogen) atoms. The highest BCUT2D eigenvalue weighted by Gasteiger charge is 2.19. The van der Waals surface area contributed by atoms with E-state index in [1.165, 1.54) is 0 Å². The van der Waals surface area contributed by atoms with Gasteiger partial charge in [-0.2, -0.15) is 0 Å². The molecule has 6 nitrogen and oxygen atoms in total. The number of benzene rings is 2. The van der Waals surface area contributed by atoms with Crippen molar-refractivity contribution in [3.05, 3.63) is 64.9 Å². The number of amides is 3. The number of hydrogen-bond acceptors (Lipinski definition) is 3. The molecule has 140 valence electrons. The van der Waals surface area contributed by atoms with Gasteiger partial charge >= 0.3 is 6.03 Å². The molecule has 3 amide bonds. The first-order valence-corrected chi connectivity index (χ1v) is 8.79. The van der Waals surface area contributed by atoms with E-state index < -0.39 is 0 Å². The third-order valence-corrected chi connectivity index (χ3v) is 4.68. The van der Waals surface area contributed by atoms with Gasteiger partial charge in [0, 0.05) is 29.2 Å². The van der Waals surface area contributed by atoms with Gasteiger partial charge in [-0.25, -0.2) is 4.79 Å². The summed E-state index contributed by atoms with van der Waals surface area (Å²) in [7, 11) is 1.58. The van der Waals surface area contributed by atoms with E-state index in [-0.39, 0.29) is 18.0 Å². The zero-order chi connectivity index (χ0) is 19.6. The summed E-state index contributed by atoms with van der Waals surface area (Å²) in [5.41, 5.74) is 3.63. The van der Waals surface area contributed by atoms with Crippen LogP contribution in [0.15, 0.2) is 46.9 Å². The lowest BCUT2D eigenvalue weighted by Gasteiger charge is -2.16. The van der Waals surface area contributed by atoms with Gasteiger partial charge in [-0.05, 0) is 44.5 Å². The number of aryl methyl sites for hydroxylation is 1. The van der Waals surface area contributed by atoms with E-state index in [0.29, 0.717) is 16.8 Å². The fourth-order valence-corrected chi connectivity index (χ4v) is 3.18. The van der Waals surface area contributed by atoms with Crippen LogP contribution in [0.25, 0.3) is 11.0 Å². The molecule has 0 spiro atoms. The van der Waals surface area contributed by atoms with Gasteiger partial charge in [-0.1, -0.05) is 24.3 Å². The first kappa shape index (κ1) is 18.5. The number of para-hydroxylation sites is 1. The van der Waals surface area contributed by atoms with Gasteiger partial charge in [0.05, 0.1) is 6.04 Å². The summed E-state index contributed by atoms with van der Waals surface area (Å²) in [5.74, 6) is 0.532. The van der Waals surface area contributed by atoms with Crippen LogP contribution in [0.1, 0.15) is 40.2 Å². The second kappa shape index (κ2) is 7.53. The zero-order valence-corrected chi connectivity index (χ0v) is 15.8. The number of carbonyl (C=O) groups excluding carboxylic acids is 2. The molecular weight excluding hydrogens is 342 g/mol. The Morgan fingerprint density at radius 1 is 1.00 bits per heavy atom. The maximum Gasteiger partial charge on any atom is 0.319 e. The lowest BCUT2D eigenvalue weighted by molar-refractivity contribution is 0.0962. The maximum absolute atomic E-state index is 12.5. The van der Waals surface area contributed by atoms with Crippen molar-refractivity contribution in [3.8, 4) is 0 Å². The zero-order valence-electron chi connectivity index (χ0n) is 15.8. The summed E-state index contributed by atoms with van der Waals surface area (Å²) in [6, 6.07) is 12.3. The summed E-state index contributed by atoms with van der Waals surface area (Å²) >= 11 is 0. The third-order valence-electron chi connectivity index (χ3n) is 4.68. The molecule has 1 atom stereocenters. The van der Waals surface area contributed by atoms with Gasteiger partial charge in [0.15, 0.2) is 0 Å². The van der Waals surface area contributed by atoms with Crippen LogP contribution in [0, 0.1) is 13.8 Å². The molecule has 1 heterocycles. The number of nitrogens with one attached hydrogen (secondary N) is 3. The standard InChI is InChI=1S/C21H23N3O3/c1-12-16(20(25)22-4)9-7-10-17(12)24-21(26)23-14(3)19-13(2)15-8-5-6-11-18(15)27-19/h5-11,14H,1-4H3,(H,22,25)(H2,23,24,26)/t14-/m0/s1. The fourth-order valence-electron chi connectivity index (χ4n) is 3.18. The Morgan fingerprint density at radius 2 is 1.74 bits per heavy atom. The van der Waals surface area contributed by atoms with Crippen LogP contribution in [0.4, 0.5) is 10.5 Å². The van der Waals surface area contributed by atoms with Gasteiger partial charge in [-0.3, -0.25) is 4.79 Å². The van der Waals surface area contributed by atoms with E-state index in [0.717, 1.165) is 22.3 Å². The average molecular weight is 365 g/mol. The molecule has 3 aromatic rings. The second-order valence-corrected chi connectivity index (χ2v) is 6.46. The van der Waals surface area contributed by atoms with E-state index >= 15 is 0 Å². The van der Waals surface area contributed by atoms with Crippen molar-refractivity contribution in [1.29, 1.82) is 0 Å². The highest BCUT2D eigenvalue weighted by Crippen LogP contribution is 2.29. The van der Waals surface area contributed by atoms with Crippen LogP contribution in [0.3, 0.4) is 0 Å². The maximum atomic E-state index is 12.5. The summed E-state index contributed by atoms with van der Waals surface area (Å²) in [4.78, 5) is 24.4. The Labute approximate surface area is 157 Å². The molecule has 0 radical (unpaired) electrons. The topological polar surface area (TPSA) is 83.4 Å². The number of anilines is 1. The molecule has 0 saturated carbocycles. The summed E-state index contributed by atoms with van der Waals surface area (Å²) in [6.07, 6.45) is 0. The largest absolute Gasteiger partial charge is 0.459 e. The quantitative estimate of drug-likeness (QED) is 0.645. The van der Waals surface area contributed by atoms with Crippen molar-refractivity contribution in [2.24, 2.45) is 0 Å². The van der Waals surface area contributed by atoms with Crippen molar-refractivity contribution >= 4 is 28.6 Å². The number of furan rings is 1. The van der Waals surface area contributed by atoms with Crippen LogP contribution >= 0.6 is 0 Å². The van der Waals surface area contributed by atoms with Crippen LogP contribution in [0.5, 0.6) is 0 Å². The number of rotatable bonds is 4. The molecule has 2 aromatic carbocycles. The minimum atomic E-state index is -0.362. The molecule has 0 aliphatic rings. The molecule has 6 heteroatoms. The molecule has 0 aliphatic carbocycles. The molecule has 0 unspecified atom stereocenters. The van der Waals surface area contributed by atoms with Crippen molar-refractivity contribution in [2.75, 3.05) is 12.4 Å². The van der Waals surface area contributed by atoms with Crippen molar-refractivity contribution in [1.82, 2.24) is 10.6 Å². The van der Waals surface area contributed by atoms with Crippen molar-refractivity contribution < 1.29 is 14.0 Å². The van der Waals surface area contributed by atoms with Crippen molar-refractivity contribution in [3.63, 3.8) is 0 Å². The molecule has 3 rings (SSSR count). The molecule has 1 aromatic heterocycles. The molecular formula is C21H23N3O3. The lowest BCUT2D eigenvalue weighted by Crippen LogP contribution is -2.31. The number of hydrogen-bond donors (Lipinski definition) is 3. The van der Waals surface area contributed by atoms with Gasteiger partial charge < -0.3 is 20.4 Å². The molecule has 0 fully saturated rings. The average Bonchev–Trinajstić information content (AvgIpc) is 3.00. The Bertz CT molecular complexity index is 1010. The minimum Gasteiger partial charge on any atom is -0.459 e. The van der Waals surface area contributed by atoms with Crippen LogP contribution < -0.4 is 16.0 Å². The molecule has 0 aliphatic heterocycles. The SMILES string of the molecule is CNC(=O)c1cccc(NC(=O)N[C@@H](C)c2oc3ccccc3c2C)c1C. The summed E-state index contributed by atoms with van der Waals surface area (Å²) in [5, 5.41) is 9.34. The van der Waals surface area contributed by atoms with Gasteiger partial charge in [0.1, 0.15) is 11.3 Å². The predicted molar refractivity (Wildman–Crippen MR) is 106 cm³/mol. The lowest BCUT2D eigenvalue weighted by atomic mass is 10.1. The minimum absolute atomic E-state index is 0.192. The van der Waals surface area contributed by atoms with E-state index in [1.807, 2.05) is 38.1 Å². The van der Waals surface area contributed by atoms with Gasteiger partial charge in [0.2, 0.25) is 0 Å². The fraction of sp³-hybridized carbons (Fsp3) is 0.238. The number of urea groups is 1. The van der Waals surface area contributed by atoms with E-state index in [4.69, 9.17) is 4.42 Å². The van der Waals surface area contributed by atoms with E-state index in [1.54, 1.807) is 32.2 Å². The number of carbonyl (C=O) groups is 2. The van der Waals surface area contributed by atoms with Crippen LogP contribution in [0.2, 0.25) is 0 Å². The second-order valence-electron chi connectivity index (χ2n) is 6.46. The Morgan fingerprint density at radius 3 is 2.44 bits per heavy atom.